The van der Waals surface area contributed by atoms with Gasteiger partial charge < -0.3 is 20.3 Å². The molecule has 1 aliphatic rings. The number of carboxylic acids is 1. The molecule has 0 bridgehead atoms. The van der Waals surface area contributed by atoms with E-state index in [1.807, 2.05) is 18.3 Å². The Kier molecular flexibility index (Phi) is 7.63. The highest BCUT2D eigenvalue weighted by molar-refractivity contribution is 6.31. The Bertz CT molecular complexity index is 1050. The lowest BCUT2D eigenvalue weighted by molar-refractivity contribution is -0.139. The standard InChI is InChI=1S/C22H25ClN4O5/c1-24-21(31)17(7-9-20(29)30)26-22(32)18-3-2-10-27(18)19(28)8-4-13-12-25-16-6-5-14(23)11-15(13)16/h5-6,11-12,17-18,25H,1-4,7-10H2,(H,26,32)(H,29,30)/t17-,18-/m0/s1. The normalized spacial score (nSPS) is 16.7. The number of aryl methyl sites for hydroxylation is 1. The summed E-state index contributed by atoms with van der Waals surface area (Å²) in [6, 6.07) is 3.74. The van der Waals surface area contributed by atoms with Crippen molar-refractivity contribution < 1.29 is 24.3 Å². The van der Waals surface area contributed by atoms with Gasteiger partial charge in [0.2, 0.25) is 11.8 Å². The van der Waals surface area contributed by atoms with Crippen LogP contribution in [0.15, 0.2) is 29.4 Å². The Labute approximate surface area is 189 Å². The molecule has 2 aromatic rings. The van der Waals surface area contributed by atoms with Crippen molar-refractivity contribution in [2.75, 3.05) is 6.54 Å². The number of aromatic nitrogens is 1. The number of H-pyrrole nitrogens is 1. The average Bonchev–Trinajstić information content (AvgIpc) is 3.41. The molecule has 170 valence electrons. The Morgan fingerprint density at radius 1 is 1.31 bits per heavy atom. The maximum absolute atomic E-state index is 12.9. The van der Waals surface area contributed by atoms with Gasteiger partial charge in [-0.1, -0.05) is 11.6 Å². The summed E-state index contributed by atoms with van der Waals surface area (Å²) in [6.45, 7) is 3.61. The first-order chi connectivity index (χ1) is 15.3. The van der Waals surface area contributed by atoms with Crippen molar-refractivity contribution in [2.24, 2.45) is 4.99 Å². The number of benzene rings is 1. The van der Waals surface area contributed by atoms with Crippen LogP contribution in [-0.2, 0) is 25.6 Å². The molecule has 0 spiro atoms. The summed E-state index contributed by atoms with van der Waals surface area (Å²) in [4.78, 5) is 56.4. The van der Waals surface area contributed by atoms with Gasteiger partial charge in [0.25, 0.3) is 5.91 Å². The summed E-state index contributed by atoms with van der Waals surface area (Å²) < 4.78 is 0. The number of halogens is 1. The van der Waals surface area contributed by atoms with E-state index >= 15 is 0 Å². The zero-order valence-corrected chi connectivity index (χ0v) is 18.2. The van der Waals surface area contributed by atoms with Crippen molar-refractivity contribution in [3.05, 3.63) is 35.0 Å². The van der Waals surface area contributed by atoms with Gasteiger partial charge in [-0.05, 0) is 56.2 Å². The zero-order chi connectivity index (χ0) is 23.3. The number of amides is 3. The summed E-state index contributed by atoms with van der Waals surface area (Å²) in [6.07, 6.45) is 3.31. The molecule has 0 saturated carbocycles. The molecule has 1 saturated heterocycles. The van der Waals surface area contributed by atoms with Gasteiger partial charge in [0.1, 0.15) is 12.1 Å². The van der Waals surface area contributed by atoms with Crippen LogP contribution in [0.25, 0.3) is 10.9 Å². The quantitative estimate of drug-likeness (QED) is 0.494. The molecule has 0 radical (unpaired) electrons. The molecule has 3 rings (SSSR count). The van der Waals surface area contributed by atoms with Gasteiger partial charge in [-0.2, -0.15) is 0 Å². The third kappa shape index (κ3) is 5.53. The topological polar surface area (TPSA) is 132 Å². The van der Waals surface area contributed by atoms with Crippen LogP contribution >= 0.6 is 11.6 Å². The first kappa shape index (κ1) is 23.5. The Balaban J connectivity index is 1.62. The summed E-state index contributed by atoms with van der Waals surface area (Å²) in [7, 11) is 0. The summed E-state index contributed by atoms with van der Waals surface area (Å²) >= 11 is 6.08. The van der Waals surface area contributed by atoms with Gasteiger partial charge in [0.15, 0.2) is 0 Å². The van der Waals surface area contributed by atoms with Crippen molar-refractivity contribution in [2.45, 2.75) is 50.6 Å². The van der Waals surface area contributed by atoms with Crippen molar-refractivity contribution in [1.29, 1.82) is 0 Å². The molecule has 9 nitrogen and oxygen atoms in total. The molecule has 2 heterocycles. The molecule has 1 aromatic carbocycles. The second kappa shape index (κ2) is 10.4. The SMILES string of the molecule is C=NC(=O)[C@H](CCC(=O)O)NC(=O)[C@@H]1CCCN1C(=O)CCc1c[nH]c2ccc(Cl)cc12. The number of aromatic amines is 1. The first-order valence-corrected chi connectivity index (χ1v) is 10.8. The van der Waals surface area contributed by atoms with E-state index in [9.17, 15) is 19.2 Å². The van der Waals surface area contributed by atoms with E-state index in [0.717, 1.165) is 16.5 Å². The number of hydrogen-bond donors (Lipinski definition) is 3. The van der Waals surface area contributed by atoms with Gasteiger partial charge in [-0.15, -0.1) is 0 Å². The number of aliphatic carboxylic acids is 1. The number of carbonyl (C=O) groups is 4. The second-order valence-electron chi connectivity index (χ2n) is 7.74. The molecule has 0 unspecified atom stereocenters. The predicted octanol–water partition coefficient (Wildman–Crippen LogP) is 2.32. The number of nitrogens with zero attached hydrogens (tertiary/aromatic N) is 2. The molecular weight excluding hydrogens is 436 g/mol. The van der Waals surface area contributed by atoms with Crippen LogP contribution in [0.3, 0.4) is 0 Å². The fourth-order valence-corrected chi connectivity index (χ4v) is 4.16. The van der Waals surface area contributed by atoms with Crippen LogP contribution in [0.5, 0.6) is 0 Å². The predicted molar refractivity (Wildman–Crippen MR) is 120 cm³/mol. The van der Waals surface area contributed by atoms with Gasteiger partial charge in [0.05, 0.1) is 0 Å². The average molecular weight is 461 g/mol. The fourth-order valence-electron chi connectivity index (χ4n) is 3.98. The van der Waals surface area contributed by atoms with Gasteiger partial charge >= 0.3 is 5.97 Å². The number of hydrogen-bond acceptors (Lipinski definition) is 4. The number of carbonyl (C=O) groups excluding carboxylic acids is 3. The van der Waals surface area contributed by atoms with Gasteiger partial charge in [-0.25, -0.2) is 4.99 Å². The molecule has 3 amide bonds. The highest BCUT2D eigenvalue weighted by Gasteiger charge is 2.35. The monoisotopic (exact) mass is 460 g/mol. The summed E-state index contributed by atoms with van der Waals surface area (Å²) in [5.41, 5.74) is 1.90. The lowest BCUT2D eigenvalue weighted by Gasteiger charge is -2.25. The third-order valence-electron chi connectivity index (χ3n) is 5.63. The van der Waals surface area contributed by atoms with Crippen LogP contribution in [0.2, 0.25) is 5.02 Å². The molecule has 1 fully saturated rings. The molecule has 1 aromatic heterocycles. The molecule has 3 N–H and O–H groups in total. The zero-order valence-electron chi connectivity index (χ0n) is 17.5. The maximum Gasteiger partial charge on any atom is 0.303 e. The van der Waals surface area contributed by atoms with Crippen LogP contribution < -0.4 is 5.32 Å². The van der Waals surface area contributed by atoms with E-state index in [2.05, 4.69) is 22.0 Å². The van der Waals surface area contributed by atoms with Crippen molar-refractivity contribution >= 4 is 52.9 Å². The molecule has 1 aliphatic heterocycles. The smallest absolute Gasteiger partial charge is 0.303 e. The number of nitrogens with one attached hydrogen (secondary N) is 2. The van der Waals surface area contributed by atoms with Gasteiger partial charge in [0, 0.05) is 41.5 Å². The van der Waals surface area contributed by atoms with E-state index in [1.165, 1.54) is 4.90 Å². The number of aliphatic imine (C=N–C) groups is 1. The van der Waals surface area contributed by atoms with Crippen LogP contribution in [0.1, 0.15) is 37.7 Å². The Hall–Kier alpha value is -3.20. The van der Waals surface area contributed by atoms with Gasteiger partial charge in [-0.3, -0.25) is 19.2 Å². The lowest BCUT2D eigenvalue weighted by atomic mass is 10.1. The Morgan fingerprint density at radius 2 is 2.09 bits per heavy atom. The lowest BCUT2D eigenvalue weighted by Crippen LogP contribution is -2.50. The van der Waals surface area contributed by atoms with Crippen LogP contribution in [0, 0.1) is 0 Å². The Morgan fingerprint density at radius 3 is 2.81 bits per heavy atom. The number of carboxylic acid groups (broad SMARTS) is 1. The van der Waals surface area contributed by atoms with E-state index in [-0.39, 0.29) is 25.2 Å². The van der Waals surface area contributed by atoms with Crippen molar-refractivity contribution in [3.8, 4) is 0 Å². The number of fused-ring (bicyclic) bond motifs is 1. The molecular formula is C22H25ClN4O5. The fraction of sp³-hybridized carbons (Fsp3) is 0.409. The number of likely N-dealkylation sites (tertiary alicyclic amines) is 1. The highest BCUT2D eigenvalue weighted by atomic mass is 35.5. The van der Waals surface area contributed by atoms with Crippen molar-refractivity contribution in [1.82, 2.24) is 15.2 Å². The molecule has 10 heteroatoms. The third-order valence-corrected chi connectivity index (χ3v) is 5.87. The van der Waals surface area contributed by atoms with Crippen molar-refractivity contribution in [3.63, 3.8) is 0 Å². The molecule has 0 aliphatic carbocycles. The highest BCUT2D eigenvalue weighted by Crippen LogP contribution is 2.25. The summed E-state index contributed by atoms with van der Waals surface area (Å²) in [5, 5.41) is 13.0. The first-order valence-electron chi connectivity index (χ1n) is 10.4. The van der Waals surface area contributed by atoms with Crippen LogP contribution in [-0.4, -0.2) is 64.0 Å². The minimum atomic E-state index is -1.09. The molecule has 2 atom stereocenters. The van der Waals surface area contributed by atoms with E-state index in [0.29, 0.717) is 30.8 Å². The van der Waals surface area contributed by atoms with E-state index < -0.39 is 29.9 Å². The molecule has 32 heavy (non-hydrogen) atoms. The number of rotatable bonds is 9. The minimum Gasteiger partial charge on any atom is -0.481 e. The second-order valence-corrected chi connectivity index (χ2v) is 8.18. The minimum absolute atomic E-state index is 0.0945. The maximum atomic E-state index is 12.9. The van der Waals surface area contributed by atoms with Crippen LogP contribution in [0.4, 0.5) is 0 Å². The van der Waals surface area contributed by atoms with E-state index in [4.69, 9.17) is 16.7 Å². The summed E-state index contributed by atoms with van der Waals surface area (Å²) in [5.74, 6) is -2.43. The van der Waals surface area contributed by atoms with E-state index in [1.54, 1.807) is 6.07 Å². The largest absolute Gasteiger partial charge is 0.481 e.